The number of halogens is 1. The maximum atomic E-state index is 13.0. The molecule has 0 aromatic heterocycles. The van der Waals surface area contributed by atoms with E-state index in [-0.39, 0.29) is 5.82 Å². The van der Waals surface area contributed by atoms with E-state index in [1.807, 2.05) is 49.5 Å². The first-order valence-corrected chi connectivity index (χ1v) is 9.83. The predicted octanol–water partition coefficient (Wildman–Crippen LogP) is 4.43. The van der Waals surface area contributed by atoms with Crippen molar-refractivity contribution in [2.24, 2.45) is 5.73 Å². The zero-order chi connectivity index (χ0) is 22.2. The molecule has 3 aromatic rings. The zero-order valence-corrected chi connectivity index (χ0v) is 17.6. The van der Waals surface area contributed by atoms with Crippen molar-refractivity contribution in [1.82, 2.24) is 10.2 Å². The molecule has 0 spiro atoms. The van der Waals surface area contributed by atoms with Crippen LogP contribution in [-0.2, 0) is 19.6 Å². The lowest BCUT2D eigenvalue weighted by molar-refractivity contribution is 0.248. The highest BCUT2D eigenvalue weighted by molar-refractivity contribution is 5.71. The molecule has 6 nitrogen and oxygen atoms in total. The van der Waals surface area contributed by atoms with Gasteiger partial charge < -0.3 is 20.5 Å². The third kappa shape index (κ3) is 6.72. The molecule has 7 heteroatoms. The van der Waals surface area contributed by atoms with Crippen LogP contribution < -0.4 is 20.5 Å². The van der Waals surface area contributed by atoms with E-state index >= 15 is 0 Å². The number of hydrogen-bond donors (Lipinski definition) is 2. The number of hydrogen-bond acceptors (Lipinski definition) is 4. The van der Waals surface area contributed by atoms with Crippen LogP contribution in [0.5, 0.6) is 17.2 Å². The molecule has 0 bridgehead atoms. The summed E-state index contributed by atoms with van der Waals surface area (Å²) < 4.78 is 24.2. The number of carbonyl (C=O) groups excluding carboxylic acids is 1. The molecule has 3 aromatic carbocycles. The van der Waals surface area contributed by atoms with Gasteiger partial charge in [0.25, 0.3) is 0 Å². The Morgan fingerprint density at radius 3 is 2.19 bits per heavy atom. The van der Waals surface area contributed by atoms with Crippen LogP contribution >= 0.6 is 0 Å². The van der Waals surface area contributed by atoms with Gasteiger partial charge in [-0.2, -0.15) is 0 Å². The van der Waals surface area contributed by atoms with Crippen molar-refractivity contribution in [2.75, 3.05) is 14.2 Å². The first-order chi connectivity index (χ1) is 14.9. The van der Waals surface area contributed by atoms with Gasteiger partial charge in [-0.05, 0) is 66.7 Å². The van der Waals surface area contributed by atoms with Crippen LogP contribution in [0.1, 0.15) is 16.7 Å². The summed E-state index contributed by atoms with van der Waals surface area (Å²) in [5.74, 6) is 1.77. The second-order valence-corrected chi connectivity index (χ2v) is 7.24. The van der Waals surface area contributed by atoms with Gasteiger partial charge in [-0.1, -0.05) is 18.2 Å². The smallest absolute Gasteiger partial charge is 0.312 e. The van der Waals surface area contributed by atoms with E-state index in [2.05, 4.69) is 10.2 Å². The minimum absolute atomic E-state index is 0.294. The highest BCUT2D eigenvalue weighted by Crippen LogP contribution is 2.24. The van der Waals surface area contributed by atoms with Crippen molar-refractivity contribution in [3.8, 4) is 17.2 Å². The number of ether oxygens (including phenoxy) is 2. The molecule has 0 fully saturated rings. The van der Waals surface area contributed by atoms with Crippen molar-refractivity contribution < 1.29 is 18.7 Å². The second-order valence-electron chi connectivity index (χ2n) is 7.24. The quantitative estimate of drug-likeness (QED) is 0.534. The molecular weight excluding hydrogens is 397 g/mol. The Bertz CT molecular complexity index is 1010. The third-order valence-electron chi connectivity index (χ3n) is 4.68. The van der Waals surface area contributed by atoms with Gasteiger partial charge in [-0.15, -0.1) is 0 Å². The summed E-state index contributed by atoms with van der Waals surface area (Å²) in [5, 5.41) is 2.60. The van der Waals surface area contributed by atoms with E-state index in [0.717, 1.165) is 29.0 Å². The monoisotopic (exact) mass is 423 g/mol. The molecule has 0 radical (unpaired) electrons. The molecule has 3 N–H and O–H groups in total. The number of rotatable bonds is 9. The van der Waals surface area contributed by atoms with Gasteiger partial charge >= 0.3 is 6.03 Å². The Kier molecular flexibility index (Phi) is 7.45. The molecule has 0 heterocycles. The Morgan fingerprint density at radius 1 is 0.968 bits per heavy atom. The molecule has 0 aliphatic heterocycles. The number of carbonyl (C=O) groups is 1. The van der Waals surface area contributed by atoms with E-state index in [9.17, 15) is 9.18 Å². The lowest BCUT2D eigenvalue weighted by Crippen LogP contribution is -2.28. The van der Waals surface area contributed by atoms with Gasteiger partial charge in [0.2, 0.25) is 0 Å². The Morgan fingerprint density at radius 2 is 1.58 bits per heavy atom. The maximum absolute atomic E-state index is 13.0. The molecular formula is C24H26FN3O3. The third-order valence-corrected chi connectivity index (χ3v) is 4.68. The molecule has 162 valence electrons. The van der Waals surface area contributed by atoms with Crippen LogP contribution in [0.15, 0.2) is 66.7 Å². The predicted molar refractivity (Wildman–Crippen MR) is 118 cm³/mol. The van der Waals surface area contributed by atoms with Gasteiger partial charge in [0.1, 0.15) is 23.1 Å². The number of nitrogens with two attached hydrogens (primary N) is 1. The molecule has 31 heavy (non-hydrogen) atoms. The summed E-state index contributed by atoms with van der Waals surface area (Å²) in [4.78, 5) is 13.1. The summed E-state index contributed by atoms with van der Waals surface area (Å²) in [6, 6.07) is 19.0. The highest BCUT2D eigenvalue weighted by Gasteiger charge is 2.09. The fraction of sp³-hybridized carbons (Fsp3) is 0.208. The van der Waals surface area contributed by atoms with Gasteiger partial charge in [0.05, 0.1) is 7.11 Å². The molecule has 0 aliphatic rings. The number of primary amides is 1. The summed E-state index contributed by atoms with van der Waals surface area (Å²) in [5.41, 5.74) is 8.25. The minimum atomic E-state index is -0.554. The van der Waals surface area contributed by atoms with Crippen LogP contribution in [0.4, 0.5) is 9.18 Å². The van der Waals surface area contributed by atoms with E-state index in [1.54, 1.807) is 19.2 Å². The Hall–Kier alpha value is -3.58. The number of nitrogens with one attached hydrogen (secondary N) is 1. The first-order valence-electron chi connectivity index (χ1n) is 9.83. The van der Waals surface area contributed by atoms with Crippen LogP contribution in [-0.4, -0.2) is 25.1 Å². The first kappa shape index (κ1) is 22.1. The number of nitrogens with zero attached hydrogens (tertiary/aromatic N) is 1. The van der Waals surface area contributed by atoms with Crippen molar-refractivity contribution in [3.05, 3.63) is 89.2 Å². The van der Waals surface area contributed by atoms with Gasteiger partial charge in [0, 0.05) is 25.2 Å². The maximum Gasteiger partial charge on any atom is 0.312 e. The lowest BCUT2D eigenvalue weighted by atomic mass is 10.1. The van der Waals surface area contributed by atoms with Crippen molar-refractivity contribution in [2.45, 2.75) is 19.6 Å². The number of urea groups is 1. The van der Waals surface area contributed by atoms with Crippen molar-refractivity contribution >= 4 is 6.03 Å². The second kappa shape index (κ2) is 10.4. The molecule has 2 amide bonds. The van der Waals surface area contributed by atoms with E-state index in [1.165, 1.54) is 12.1 Å². The van der Waals surface area contributed by atoms with Crippen LogP contribution in [0.25, 0.3) is 0 Å². The van der Waals surface area contributed by atoms with Crippen LogP contribution in [0.3, 0.4) is 0 Å². The van der Waals surface area contributed by atoms with E-state index in [0.29, 0.717) is 24.6 Å². The number of methoxy groups -OCH3 is 1. The normalized spacial score (nSPS) is 10.7. The summed E-state index contributed by atoms with van der Waals surface area (Å²) in [6.45, 7) is 1.76. The van der Waals surface area contributed by atoms with E-state index in [4.69, 9.17) is 15.2 Å². The SMILES string of the molecule is COc1ccc(CNC(N)=O)cc1CN(C)Cc1ccc(Oc2ccc(F)cc2)cc1. The van der Waals surface area contributed by atoms with Crippen LogP contribution in [0, 0.1) is 5.82 Å². The van der Waals surface area contributed by atoms with Gasteiger partial charge in [-0.3, -0.25) is 4.90 Å². The molecule has 0 aliphatic carbocycles. The lowest BCUT2D eigenvalue weighted by Gasteiger charge is -2.19. The summed E-state index contributed by atoms with van der Waals surface area (Å²) in [6.07, 6.45) is 0. The van der Waals surface area contributed by atoms with Crippen LogP contribution in [0.2, 0.25) is 0 Å². The summed E-state index contributed by atoms with van der Waals surface area (Å²) >= 11 is 0. The molecule has 0 saturated carbocycles. The Labute approximate surface area is 181 Å². The Balaban J connectivity index is 1.60. The van der Waals surface area contributed by atoms with Gasteiger partial charge in [-0.25, -0.2) is 9.18 Å². The number of amides is 2. The molecule has 3 rings (SSSR count). The average Bonchev–Trinajstić information content (AvgIpc) is 2.75. The number of benzene rings is 3. The standard InChI is InChI=1S/C24H26FN3O3/c1-28(16-19-13-18(14-27-24(26)29)5-12-23(19)30-2)15-17-3-8-21(9-4-17)31-22-10-6-20(25)7-11-22/h3-13H,14-16H2,1-2H3,(H3,26,27,29). The van der Waals surface area contributed by atoms with E-state index < -0.39 is 6.03 Å². The van der Waals surface area contributed by atoms with Crippen molar-refractivity contribution in [1.29, 1.82) is 0 Å². The molecule has 0 unspecified atom stereocenters. The topological polar surface area (TPSA) is 76.8 Å². The fourth-order valence-electron chi connectivity index (χ4n) is 3.21. The average molecular weight is 423 g/mol. The summed E-state index contributed by atoms with van der Waals surface area (Å²) in [7, 11) is 3.66. The van der Waals surface area contributed by atoms with Crippen molar-refractivity contribution in [3.63, 3.8) is 0 Å². The fourth-order valence-corrected chi connectivity index (χ4v) is 3.21. The molecule has 0 saturated heterocycles. The zero-order valence-electron chi connectivity index (χ0n) is 17.6. The molecule has 0 atom stereocenters. The minimum Gasteiger partial charge on any atom is -0.496 e. The highest BCUT2D eigenvalue weighted by atomic mass is 19.1. The largest absolute Gasteiger partial charge is 0.496 e. The van der Waals surface area contributed by atoms with Gasteiger partial charge in [0.15, 0.2) is 0 Å².